The summed E-state index contributed by atoms with van der Waals surface area (Å²) < 4.78 is 11.7. The number of hydrogen-bond donors (Lipinski definition) is 1. The quantitative estimate of drug-likeness (QED) is 0.783. The lowest BCUT2D eigenvalue weighted by atomic mass is 9.94. The maximum absolute atomic E-state index is 12.6. The number of β-amino-alcohol motifs (C(OH)–C–C–N with tert-alkyl or cyclic N) is 1. The molecule has 3 rings (SSSR count). The van der Waals surface area contributed by atoms with Crippen LogP contribution in [0.15, 0.2) is 0 Å². The zero-order valence-electron chi connectivity index (χ0n) is 14.5. The molecule has 0 aromatic carbocycles. The summed E-state index contributed by atoms with van der Waals surface area (Å²) in [6.45, 7) is 0.867. The van der Waals surface area contributed by atoms with E-state index in [9.17, 15) is 14.7 Å². The van der Waals surface area contributed by atoms with Gasteiger partial charge in [-0.3, -0.25) is 9.59 Å². The summed E-state index contributed by atoms with van der Waals surface area (Å²) in [5, 5.41) is 10.0. The van der Waals surface area contributed by atoms with Gasteiger partial charge in [0.2, 0.25) is 11.8 Å². The van der Waals surface area contributed by atoms with Crippen molar-refractivity contribution in [2.45, 2.75) is 56.5 Å². The first kappa shape index (κ1) is 17.6. The predicted octanol–water partition coefficient (Wildman–Crippen LogP) is 0.0106. The van der Waals surface area contributed by atoms with Crippen molar-refractivity contribution in [3.05, 3.63) is 0 Å². The van der Waals surface area contributed by atoms with Gasteiger partial charge in [-0.2, -0.15) is 0 Å². The summed E-state index contributed by atoms with van der Waals surface area (Å²) in [7, 11) is 3.48. The van der Waals surface area contributed by atoms with Crippen LogP contribution in [-0.4, -0.2) is 84.9 Å². The van der Waals surface area contributed by atoms with Crippen molar-refractivity contribution < 1.29 is 24.2 Å². The molecule has 0 unspecified atom stereocenters. The van der Waals surface area contributed by atoms with Crippen LogP contribution in [0.25, 0.3) is 0 Å². The van der Waals surface area contributed by atoms with Crippen molar-refractivity contribution in [3.63, 3.8) is 0 Å². The lowest BCUT2D eigenvalue weighted by Gasteiger charge is -2.44. The first-order valence-electron chi connectivity index (χ1n) is 8.87. The van der Waals surface area contributed by atoms with Gasteiger partial charge < -0.3 is 24.4 Å². The predicted molar refractivity (Wildman–Crippen MR) is 86.3 cm³/mol. The van der Waals surface area contributed by atoms with Crippen molar-refractivity contribution in [3.8, 4) is 0 Å². The van der Waals surface area contributed by atoms with Crippen molar-refractivity contribution in [1.29, 1.82) is 0 Å². The number of aliphatic hydroxyl groups is 1. The summed E-state index contributed by atoms with van der Waals surface area (Å²) in [5.74, 6) is 0.301. The fraction of sp³-hybridized carbons (Fsp3) is 0.882. The Hall–Kier alpha value is -1.18. The fourth-order valence-electron chi connectivity index (χ4n) is 3.54. The molecular formula is C17H28N2O5. The summed E-state index contributed by atoms with van der Waals surface area (Å²) >= 11 is 0. The van der Waals surface area contributed by atoms with E-state index >= 15 is 0 Å². The molecule has 2 aliphatic heterocycles. The van der Waals surface area contributed by atoms with Gasteiger partial charge >= 0.3 is 0 Å². The lowest BCUT2D eigenvalue weighted by Crippen LogP contribution is -2.57. The number of aliphatic hydroxyl groups excluding tert-OH is 1. The average molecular weight is 340 g/mol. The molecule has 2 saturated heterocycles. The largest absolute Gasteiger partial charge is 0.389 e. The van der Waals surface area contributed by atoms with Gasteiger partial charge in [0.05, 0.1) is 37.9 Å². The Labute approximate surface area is 142 Å². The van der Waals surface area contributed by atoms with Crippen molar-refractivity contribution >= 4 is 11.8 Å². The number of carbonyl (C=O) groups is 2. The van der Waals surface area contributed by atoms with E-state index in [1.54, 1.807) is 19.0 Å². The van der Waals surface area contributed by atoms with Gasteiger partial charge in [-0.05, 0) is 25.7 Å². The van der Waals surface area contributed by atoms with Crippen LogP contribution in [0.1, 0.15) is 32.1 Å². The third kappa shape index (κ3) is 4.07. The monoisotopic (exact) mass is 340 g/mol. The molecule has 7 nitrogen and oxygen atoms in total. The Bertz CT molecular complexity index is 480. The van der Waals surface area contributed by atoms with Crippen LogP contribution in [0.3, 0.4) is 0 Å². The number of amides is 2. The number of ether oxygens (including phenoxy) is 2. The van der Waals surface area contributed by atoms with E-state index in [2.05, 4.69) is 0 Å². The highest BCUT2D eigenvalue weighted by Crippen LogP contribution is 2.35. The Morgan fingerprint density at radius 2 is 1.92 bits per heavy atom. The van der Waals surface area contributed by atoms with Gasteiger partial charge in [-0.25, -0.2) is 0 Å². The molecule has 0 aromatic rings. The maximum atomic E-state index is 12.6. The number of hydrogen-bond acceptors (Lipinski definition) is 5. The van der Waals surface area contributed by atoms with E-state index in [0.717, 1.165) is 25.7 Å². The highest BCUT2D eigenvalue weighted by molar-refractivity contribution is 5.81. The molecule has 24 heavy (non-hydrogen) atoms. The lowest BCUT2D eigenvalue weighted by molar-refractivity contribution is -0.171. The minimum atomic E-state index is -0.651. The molecule has 1 N–H and O–H groups in total. The zero-order chi connectivity index (χ0) is 17.3. The zero-order valence-corrected chi connectivity index (χ0v) is 14.5. The summed E-state index contributed by atoms with van der Waals surface area (Å²) in [5.41, 5.74) is 0. The van der Waals surface area contributed by atoms with E-state index in [-0.39, 0.29) is 42.6 Å². The second-order valence-electron chi connectivity index (χ2n) is 7.39. The van der Waals surface area contributed by atoms with E-state index in [1.807, 2.05) is 4.90 Å². The van der Waals surface area contributed by atoms with Gasteiger partial charge in [0, 0.05) is 26.6 Å². The van der Waals surface area contributed by atoms with E-state index in [1.165, 1.54) is 0 Å². The smallest absolute Gasteiger partial charge is 0.226 e. The molecule has 2 amide bonds. The maximum Gasteiger partial charge on any atom is 0.226 e. The Morgan fingerprint density at radius 3 is 2.58 bits per heavy atom. The Balaban J connectivity index is 1.67. The molecule has 1 aliphatic carbocycles. The van der Waals surface area contributed by atoms with Crippen molar-refractivity contribution in [2.24, 2.45) is 5.92 Å². The van der Waals surface area contributed by atoms with Gasteiger partial charge in [-0.1, -0.05) is 0 Å². The Kier molecular flexibility index (Phi) is 5.42. The first-order chi connectivity index (χ1) is 11.5. The highest BCUT2D eigenvalue weighted by Gasteiger charge is 2.43. The molecular weight excluding hydrogens is 312 g/mol. The molecule has 136 valence electrons. The molecule has 0 aromatic heterocycles. The molecule has 3 fully saturated rings. The van der Waals surface area contributed by atoms with Crippen LogP contribution < -0.4 is 0 Å². The summed E-state index contributed by atoms with van der Waals surface area (Å²) in [6.07, 6.45) is 2.76. The van der Waals surface area contributed by atoms with Crippen molar-refractivity contribution in [1.82, 2.24) is 9.80 Å². The fourth-order valence-corrected chi connectivity index (χ4v) is 3.54. The SMILES string of the molecule is CN(C)C(=O)C[C@@H]1CC[C@H]2[C@@H](COC[C@@H](O)CN2C(=O)C2CC2)O1. The van der Waals surface area contributed by atoms with Gasteiger partial charge in [0.15, 0.2) is 0 Å². The molecule has 2 heterocycles. The molecule has 3 aliphatic rings. The molecule has 7 heteroatoms. The normalized spacial score (nSPS) is 34.0. The minimum absolute atomic E-state index is 0.0477. The number of carbonyl (C=O) groups excluding carboxylic acids is 2. The second kappa shape index (κ2) is 7.37. The van der Waals surface area contributed by atoms with Crippen LogP contribution in [0.5, 0.6) is 0 Å². The molecule has 0 spiro atoms. The summed E-state index contributed by atoms with van der Waals surface area (Å²) in [6, 6.07) is -0.0706. The van der Waals surface area contributed by atoms with Gasteiger partial charge in [0.1, 0.15) is 6.10 Å². The van der Waals surface area contributed by atoms with Crippen LogP contribution in [0.4, 0.5) is 0 Å². The first-order valence-corrected chi connectivity index (χ1v) is 8.87. The second-order valence-corrected chi connectivity index (χ2v) is 7.39. The van der Waals surface area contributed by atoms with Gasteiger partial charge in [-0.15, -0.1) is 0 Å². The topological polar surface area (TPSA) is 79.3 Å². The average Bonchev–Trinajstić information content (AvgIpc) is 3.35. The van der Waals surface area contributed by atoms with E-state index in [4.69, 9.17) is 9.47 Å². The number of rotatable bonds is 3. The van der Waals surface area contributed by atoms with Crippen LogP contribution in [0, 0.1) is 5.92 Å². The molecule has 0 radical (unpaired) electrons. The molecule has 0 bridgehead atoms. The van der Waals surface area contributed by atoms with Crippen LogP contribution >= 0.6 is 0 Å². The minimum Gasteiger partial charge on any atom is -0.389 e. The molecule has 4 atom stereocenters. The van der Waals surface area contributed by atoms with Crippen LogP contribution in [-0.2, 0) is 19.1 Å². The summed E-state index contributed by atoms with van der Waals surface area (Å²) in [4.78, 5) is 27.9. The van der Waals surface area contributed by atoms with Gasteiger partial charge in [0.25, 0.3) is 0 Å². The third-order valence-electron chi connectivity index (χ3n) is 5.09. The van der Waals surface area contributed by atoms with E-state index in [0.29, 0.717) is 19.6 Å². The van der Waals surface area contributed by atoms with Crippen molar-refractivity contribution in [2.75, 3.05) is 33.9 Å². The highest BCUT2D eigenvalue weighted by atomic mass is 16.5. The van der Waals surface area contributed by atoms with E-state index < -0.39 is 6.10 Å². The third-order valence-corrected chi connectivity index (χ3v) is 5.09. The standard InChI is InChI=1S/C17H28N2O5/c1-18(2)16(21)7-13-5-6-14-15(24-13)10-23-9-12(20)8-19(14)17(22)11-3-4-11/h11-15,20H,3-10H2,1-2H3/t12-,13-,14-,15+/m0/s1. The number of nitrogens with zero attached hydrogens (tertiary/aromatic N) is 2. The molecule has 1 saturated carbocycles. The number of fused-ring (bicyclic) bond motifs is 1. The Morgan fingerprint density at radius 1 is 1.17 bits per heavy atom. The van der Waals surface area contributed by atoms with Crippen LogP contribution in [0.2, 0.25) is 0 Å².